The summed E-state index contributed by atoms with van der Waals surface area (Å²) < 4.78 is 16.2. The minimum atomic E-state index is -0.531. The van der Waals surface area contributed by atoms with E-state index < -0.39 is 11.9 Å². The lowest BCUT2D eigenvalue weighted by Gasteiger charge is -2.16. The van der Waals surface area contributed by atoms with Crippen molar-refractivity contribution in [2.75, 3.05) is 19.9 Å². The summed E-state index contributed by atoms with van der Waals surface area (Å²) in [5.41, 5.74) is 6.29. The van der Waals surface area contributed by atoms with Crippen LogP contribution in [0.2, 0.25) is 0 Å². The van der Waals surface area contributed by atoms with Gasteiger partial charge in [0.1, 0.15) is 18.4 Å². The van der Waals surface area contributed by atoms with Crippen LogP contribution in [0.5, 0.6) is 17.2 Å². The molecule has 3 N–H and O–H groups in total. The zero-order valence-electron chi connectivity index (χ0n) is 12.5. The Bertz CT molecular complexity index is 676. The first kappa shape index (κ1) is 15.2. The number of rotatable bonds is 7. The molecule has 23 heavy (non-hydrogen) atoms. The van der Waals surface area contributed by atoms with E-state index in [4.69, 9.17) is 19.9 Å². The summed E-state index contributed by atoms with van der Waals surface area (Å²) in [6.07, 6.45) is 0. The van der Waals surface area contributed by atoms with Gasteiger partial charge in [-0.05, 0) is 17.7 Å². The molecule has 1 heterocycles. The molecule has 0 saturated carbocycles. The molecule has 2 aromatic rings. The highest BCUT2D eigenvalue weighted by atomic mass is 16.7. The highest BCUT2D eigenvalue weighted by Gasteiger charge is 2.17. The lowest BCUT2D eigenvalue weighted by atomic mass is 10.1. The van der Waals surface area contributed by atoms with Gasteiger partial charge in [-0.25, -0.2) is 0 Å². The maximum absolute atomic E-state index is 11.6. The van der Waals surface area contributed by atoms with E-state index in [0.717, 1.165) is 5.56 Å². The maximum atomic E-state index is 11.6. The second-order valence-electron chi connectivity index (χ2n) is 5.06. The molecule has 1 atom stereocenters. The van der Waals surface area contributed by atoms with Crippen LogP contribution in [0.1, 0.15) is 11.6 Å². The molecule has 0 aromatic heterocycles. The minimum absolute atomic E-state index is 0.234. The summed E-state index contributed by atoms with van der Waals surface area (Å²) in [6, 6.07) is 14.2. The Kier molecular flexibility index (Phi) is 4.63. The van der Waals surface area contributed by atoms with Gasteiger partial charge in [0.2, 0.25) is 12.7 Å². The summed E-state index contributed by atoms with van der Waals surface area (Å²) in [5, 5.41) is 3.10. The molecule has 2 aromatic carbocycles. The summed E-state index contributed by atoms with van der Waals surface area (Å²) in [5.74, 6) is 1.66. The van der Waals surface area contributed by atoms with Crippen molar-refractivity contribution < 1.29 is 19.0 Å². The topological polar surface area (TPSA) is 82.8 Å². The van der Waals surface area contributed by atoms with E-state index in [-0.39, 0.29) is 6.79 Å². The summed E-state index contributed by atoms with van der Waals surface area (Å²) in [7, 11) is 0. The van der Waals surface area contributed by atoms with E-state index in [1.165, 1.54) is 0 Å². The molecule has 0 bridgehead atoms. The van der Waals surface area contributed by atoms with Crippen molar-refractivity contribution in [1.29, 1.82) is 0 Å². The number of ether oxygens (including phenoxy) is 3. The molecule has 1 unspecified atom stereocenters. The maximum Gasteiger partial charge on any atom is 0.239 e. The van der Waals surface area contributed by atoms with Gasteiger partial charge in [0.05, 0.1) is 0 Å². The third-order valence-electron chi connectivity index (χ3n) is 3.48. The first-order valence-corrected chi connectivity index (χ1v) is 7.34. The van der Waals surface area contributed by atoms with Crippen LogP contribution in [0.15, 0.2) is 48.5 Å². The van der Waals surface area contributed by atoms with Gasteiger partial charge in [0, 0.05) is 12.6 Å². The second kappa shape index (κ2) is 7.02. The van der Waals surface area contributed by atoms with Crippen LogP contribution in [-0.2, 0) is 4.79 Å². The highest BCUT2D eigenvalue weighted by molar-refractivity contribution is 5.81. The van der Waals surface area contributed by atoms with E-state index in [9.17, 15) is 4.79 Å². The third kappa shape index (κ3) is 3.73. The Morgan fingerprint density at radius 1 is 1.17 bits per heavy atom. The van der Waals surface area contributed by atoms with Crippen molar-refractivity contribution >= 4 is 5.91 Å². The Hall–Kier alpha value is -2.73. The van der Waals surface area contributed by atoms with Crippen LogP contribution in [-0.4, -0.2) is 25.9 Å². The molecule has 3 rings (SSSR count). The summed E-state index contributed by atoms with van der Waals surface area (Å²) >= 11 is 0. The van der Waals surface area contributed by atoms with Gasteiger partial charge >= 0.3 is 0 Å². The molecule has 6 heteroatoms. The smallest absolute Gasteiger partial charge is 0.239 e. The van der Waals surface area contributed by atoms with Crippen LogP contribution in [0.3, 0.4) is 0 Å². The quantitative estimate of drug-likeness (QED) is 0.759. The Balaban J connectivity index is 1.51. The van der Waals surface area contributed by atoms with Crippen molar-refractivity contribution in [3.05, 3.63) is 54.1 Å². The lowest BCUT2D eigenvalue weighted by molar-refractivity contribution is -0.120. The number of primary amides is 1. The number of fused-ring (bicyclic) bond motifs is 1. The van der Waals surface area contributed by atoms with Crippen molar-refractivity contribution in [2.45, 2.75) is 6.04 Å². The van der Waals surface area contributed by atoms with Crippen molar-refractivity contribution in [2.24, 2.45) is 5.73 Å². The number of hydrogen-bond acceptors (Lipinski definition) is 5. The van der Waals surface area contributed by atoms with Gasteiger partial charge in [0.25, 0.3) is 0 Å². The van der Waals surface area contributed by atoms with E-state index in [2.05, 4.69) is 5.32 Å². The number of carbonyl (C=O) groups is 1. The number of nitrogens with one attached hydrogen (secondary N) is 1. The van der Waals surface area contributed by atoms with E-state index >= 15 is 0 Å². The Morgan fingerprint density at radius 2 is 1.96 bits per heavy atom. The zero-order valence-corrected chi connectivity index (χ0v) is 12.5. The molecule has 1 aliphatic rings. The average Bonchev–Trinajstić information content (AvgIpc) is 3.03. The average molecular weight is 314 g/mol. The number of hydrogen-bond donors (Lipinski definition) is 2. The predicted octanol–water partition coefficient (Wildman–Crippen LogP) is 1.61. The molecule has 0 aliphatic carbocycles. The zero-order chi connectivity index (χ0) is 16.1. The monoisotopic (exact) mass is 314 g/mol. The largest absolute Gasteiger partial charge is 0.492 e. The number of nitrogens with two attached hydrogens (primary N) is 1. The molecule has 0 fully saturated rings. The Labute approximate surface area is 134 Å². The molecule has 0 radical (unpaired) electrons. The van der Waals surface area contributed by atoms with Crippen LogP contribution >= 0.6 is 0 Å². The molecule has 6 nitrogen and oxygen atoms in total. The van der Waals surface area contributed by atoms with E-state index in [1.54, 1.807) is 12.1 Å². The first-order valence-electron chi connectivity index (χ1n) is 7.34. The summed E-state index contributed by atoms with van der Waals surface area (Å²) in [4.78, 5) is 11.6. The summed E-state index contributed by atoms with van der Waals surface area (Å²) in [6.45, 7) is 1.12. The first-order chi connectivity index (χ1) is 11.2. The fraction of sp³-hybridized carbons (Fsp3) is 0.235. The molecule has 0 saturated heterocycles. The van der Waals surface area contributed by atoms with E-state index in [0.29, 0.717) is 30.4 Å². The van der Waals surface area contributed by atoms with Crippen molar-refractivity contribution in [3.8, 4) is 17.2 Å². The third-order valence-corrected chi connectivity index (χ3v) is 3.48. The van der Waals surface area contributed by atoms with Crippen molar-refractivity contribution in [1.82, 2.24) is 5.32 Å². The highest BCUT2D eigenvalue weighted by Crippen LogP contribution is 2.34. The molecule has 1 aliphatic heterocycles. The van der Waals surface area contributed by atoms with Crippen LogP contribution in [0, 0.1) is 0 Å². The van der Waals surface area contributed by atoms with Gasteiger partial charge in [-0.3, -0.25) is 10.1 Å². The Morgan fingerprint density at radius 3 is 2.74 bits per heavy atom. The van der Waals surface area contributed by atoms with Crippen LogP contribution < -0.4 is 25.3 Å². The SMILES string of the molecule is NC(=O)C(NCCOc1ccc2c(c1)OCO2)c1ccccc1. The van der Waals surface area contributed by atoms with Crippen LogP contribution in [0.4, 0.5) is 0 Å². The molecule has 0 spiro atoms. The van der Waals surface area contributed by atoms with Gasteiger partial charge in [-0.15, -0.1) is 0 Å². The standard InChI is InChI=1S/C17H18N2O4/c18-17(20)16(12-4-2-1-3-5-12)19-8-9-21-13-6-7-14-15(10-13)23-11-22-14/h1-7,10,16,19H,8-9,11H2,(H2,18,20). The normalized spacial score (nSPS) is 13.6. The predicted molar refractivity (Wildman–Crippen MR) is 84.4 cm³/mol. The number of amides is 1. The van der Waals surface area contributed by atoms with Gasteiger partial charge < -0.3 is 19.9 Å². The molecular formula is C17H18N2O4. The molecular weight excluding hydrogens is 296 g/mol. The fourth-order valence-electron chi connectivity index (χ4n) is 2.37. The van der Waals surface area contributed by atoms with Gasteiger partial charge in [-0.1, -0.05) is 30.3 Å². The lowest BCUT2D eigenvalue weighted by Crippen LogP contribution is -2.35. The van der Waals surface area contributed by atoms with Crippen molar-refractivity contribution in [3.63, 3.8) is 0 Å². The van der Waals surface area contributed by atoms with E-state index in [1.807, 2.05) is 36.4 Å². The van der Waals surface area contributed by atoms with Gasteiger partial charge in [-0.2, -0.15) is 0 Å². The van der Waals surface area contributed by atoms with Gasteiger partial charge in [0.15, 0.2) is 11.5 Å². The number of benzene rings is 2. The molecule has 120 valence electrons. The fourth-order valence-corrected chi connectivity index (χ4v) is 2.37. The molecule has 1 amide bonds. The van der Waals surface area contributed by atoms with Crippen LogP contribution in [0.25, 0.3) is 0 Å². The number of carbonyl (C=O) groups excluding carboxylic acids is 1. The second-order valence-corrected chi connectivity index (χ2v) is 5.06. The minimum Gasteiger partial charge on any atom is -0.492 e.